The minimum Gasteiger partial charge on any atom is -0.392 e. The summed E-state index contributed by atoms with van der Waals surface area (Å²) in [5.41, 5.74) is 1.01. The molecule has 0 aliphatic heterocycles. The van der Waals surface area contributed by atoms with Gasteiger partial charge in [-0.2, -0.15) is 0 Å². The van der Waals surface area contributed by atoms with E-state index in [1.54, 1.807) is 11.0 Å². The van der Waals surface area contributed by atoms with Gasteiger partial charge in [-0.15, -0.1) is 5.10 Å². The quantitative estimate of drug-likeness (QED) is 0.865. The number of aromatic nitrogens is 3. The van der Waals surface area contributed by atoms with Crippen LogP contribution in [0.15, 0.2) is 36.7 Å². The molecule has 1 heterocycles. The Labute approximate surface area is 118 Å². The third kappa shape index (κ3) is 3.23. The number of benzene rings is 1. The Balaban J connectivity index is 1.59. The molecule has 106 valence electrons. The van der Waals surface area contributed by atoms with Crippen LogP contribution in [0.1, 0.15) is 18.7 Å². The SMILES string of the molecule is CN(Cc1ncn(-c2ccccc2)n1)CC(O)C1CC1. The summed E-state index contributed by atoms with van der Waals surface area (Å²) in [5, 5.41) is 14.4. The lowest BCUT2D eigenvalue weighted by Crippen LogP contribution is -2.30. The normalized spacial score (nSPS) is 16.6. The minimum absolute atomic E-state index is 0.212. The zero-order valence-corrected chi connectivity index (χ0v) is 11.7. The van der Waals surface area contributed by atoms with Crippen LogP contribution >= 0.6 is 0 Å². The van der Waals surface area contributed by atoms with E-state index >= 15 is 0 Å². The summed E-state index contributed by atoms with van der Waals surface area (Å²) in [6.45, 7) is 1.34. The first kappa shape index (κ1) is 13.3. The van der Waals surface area contributed by atoms with Gasteiger partial charge < -0.3 is 5.11 Å². The Bertz CT molecular complexity index is 550. The molecule has 1 atom stereocenters. The lowest BCUT2D eigenvalue weighted by Gasteiger charge is -2.18. The third-order valence-corrected chi connectivity index (χ3v) is 3.64. The second-order valence-corrected chi connectivity index (χ2v) is 5.54. The maximum Gasteiger partial charge on any atom is 0.164 e. The molecule has 5 nitrogen and oxygen atoms in total. The van der Waals surface area contributed by atoms with Crippen molar-refractivity contribution in [3.05, 3.63) is 42.5 Å². The zero-order chi connectivity index (χ0) is 13.9. The van der Waals surface area contributed by atoms with E-state index < -0.39 is 0 Å². The molecule has 20 heavy (non-hydrogen) atoms. The van der Waals surface area contributed by atoms with E-state index in [1.165, 1.54) is 0 Å². The number of aliphatic hydroxyl groups excluding tert-OH is 1. The number of para-hydroxylation sites is 1. The Morgan fingerprint density at radius 1 is 1.35 bits per heavy atom. The summed E-state index contributed by atoms with van der Waals surface area (Å²) in [5.74, 6) is 1.28. The highest BCUT2D eigenvalue weighted by Crippen LogP contribution is 2.32. The maximum absolute atomic E-state index is 9.93. The summed E-state index contributed by atoms with van der Waals surface area (Å²) in [4.78, 5) is 6.41. The fourth-order valence-electron chi connectivity index (χ4n) is 2.33. The fraction of sp³-hybridized carbons (Fsp3) is 0.467. The highest BCUT2D eigenvalue weighted by Gasteiger charge is 2.30. The molecule has 0 spiro atoms. The van der Waals surface area contributed by atoms with Crippen LogP contribution in [-0.4, -0.2) is 44.5 Å². The molecule has 0 amide bonds. The first-order valence-corrected chi connectivity index (χ1v) is 7.05. The van der Waals surface area contributed by atoms with Gasteiger partial charge >= 0.3 is 0 Å². The van der Waals surface area contributed by atoms with Crippen LogP contribution in [0.4, 0.5) is 0 Å². The van der Waals surface area contributed by atoms with Crippen molar-refractivity contribution in [3.8, 4) is 5.69 Å². The van der Waals surface area contributed by atoms with Crippen molar-refractivity contribution in [2.45, 2.75) is 25.5 Å². The highest BCUT2D eigenvalue weighted by atomic mass is 16.3. The summed E-state index contributed by atoms with van der Waals surface area (Å²) < 4.78 is 1.78. The Hall–Kier alpha value is -1.72. The van der Waals surface area contributed by atoms with Crippen molar-refractivity contribution in [1.82, 2.24) is 19.7 Å². The summed E-state index contributed by atoms with van der Waals surface area (Å²) >= 11 is 0. The second-order valence-electron chi connectivity index (χ2n) is 5.54. The highest BCUT2D eigenvalue weighted by molar-refractivity contribution is 5.29. The van der Waals surface area contributed by atoms with Gasteiger partial charge in [-0.1, -0.05) is 18.2 Å². The predicted molar refractivity (Wildman–Crippen MR) is 76.4 cm³/mol. The minimum atomic E-state index is -0.212. The van der Waals surface area contributed by atoms with Crippen molar-refractivity contribution < 1.29 is 5.11 Å². The third-order valence-electron chi connectivity index (χ3n) is 3.64. The zero-order valence-electron chi connectivity index (χ0n) is 11.7. The molecule has 1 fully saturated rings. The Morgan fingerprint density at radius 3 is 2.80 bits per heavy atom. The first-order valence-electron chi connectivity index (χ1n) is 7.05. The molecule has 5 heteroatoms. The van der Waals surface area contributed by atoms with E-state index in [4.69, 9.17) is 0 Å². The predicted octanol–water partition coefficient (Wildman–Crippen LogP) is 1.47. The van der Waals surface area contributed by atoms with Crippen LogP contribution in [-0.2, 0) is 6.54 Å². The van der Waals surface area contributed by atoms with Gasteiger partial charge in [-0.25, -0.2) is 9.67 Å². The Morgan fingerprint density at radius 2 is 2.10 bits per heavy atom. The molecule has 0 radical (unpaired) electrons. The van der Waals surface area contributed by atoms with Crippen LogP contribution in [0.25, 0.3) is 5.69 Å². The molecule has 0 bridgehead atoms. The van der Waals surface area contributed by atoms with Gasteiger partial charge in [0.15, 0.2) is 5.82 Å². The van der Waals surface area contributed by atoms with Crippen LogP contribution in [0, 0.1) is 5.92 Å². The van der Waals surface area contributed by atoms with Crippen molar-refractivity contribution in [1.29, 1.82) is 0 Å². The lowest BCUT2D eigenvalue weighted by molar-refractivity contribution is 0.103. The van der Waals surface area contributed by atoms with Crippen LogP contribution in [0.3, 0.4) is 0 Å². The van der Waals surface area contributed by atoms with Gasteiger partial charge in [0.05, 0.1) is 18.3 Å². The number of aliphatic hydroxyl groups is 1. The van der Waals surface area contributed by atoms with Gasteiger partial charge in [-0.05, 0) is 37.9 Å². The van der Waals surface area contributed by atoms with Crippen LogP contribution in [0.5, 0.6) is 0 Å². The average molecular weight is 272 g/mol. The van der Waals surface area contributed by atoms with E-state index in [0.717, 1.165) is 24.4 Å². The van der Waals surface area contributed by atoms with Gasteiger partial charge in [0.25, 0.3) is 0 Å². The second kappa shape index (κ2) is 5.73. The Kier molecular flexibility index (Phi) is 3.80. The molecule has 1 aromatic carbocycles. The van der Waals surface area contributed by atoms with E-state index in [1.807, 2.05) is 37.4 Å². The van der Waals surface area contributed by atoms with Gasteiger partial charge in [-0.3, -0.25) is 4.90 Å². The summed E-state index contributed by atoms with van der Waals surface area (Å²) in [6.07, 6.45) is 3.85. The summed E-state index contributed by atoms with van der Waals surface area (Å²) in [6, 6.07) is 9.94. The van der Waals surface area contributed by atoms with E-state index in [-0.39, 0.29) is 6.10 Å². The fourth-order valence-corrected chi connectivity index (χ4v) is 2.33. The molecule has 1 aliphatic carbocycles. The van der Waals surface area contributed by atoms with Gasteiger partial charge in [0.1, 0.15) is 6.33 Å². The summed E-state index contributed by atoms with van der Waals surface area (Å²) in [7, 11) is 1.99. The number of hydrogen-bond acceptors (Lipinski definition) is 4. The number of hydrogen-bond donors (Lipinski definition) is 1. The number of rotatable bonds is 6. The first-order chi connectivity index (χ1) is 9.72. The van der Waals surface area contributed by atoms with Gasteiger partial charge in [0.2, 0.25) is 0 Å². The number of likely N-dealkylation sites (N-methyl/N-ethyl adjacent to an activating group) is 1. The van der Waals surface area contributed by atoms with Crippen molar-refractivity contribution in [2.75, 3.05) is 13.6 Å². The van der Waals surface area contributed by atoms with Crippen LogP contribution < -0.4 is 0 Å². The molecule has 3 rings (SSSR count). The molecule has 1 aromatic heterocycles. The largest absolute Gasteiger partial charge is 0.392 e. The number of nitrogens with zero attached hydrogens (tertiary/aromatic N) is 4. The molecule has 1 unspecified atom stereocenters. The molecule has 2 aromatic rings. The maximum atomic E-state index is 9.93. The van der Waals surface area contributed by atoms with Crippen molar-refractivity contribution in [2.24, 2.45) is 5.92 Å². The van der Waals surface area contributed by atoms with E-state index in [2.05, 4.69) is 15.0 Å². The topological polar surface area (TPSA) is 54.2 Å². The lowest BCUT2D eigenvalue weighted by atomic mass is 10.2. The standard InChI is InChI=1S/C15H20N4O/c1-18(9-14(20)12-7-8-12)10-15-16-11-19(17-15)13-5-3-2-4-6-13/h2-6,11-12,14,20H,7-10H2,1H3. The average Bonchev–Trinajstić information content (AvgIpc) is 3.21. The molecule has 0 saturated heterocycles. The van der Waals surface area contributed by atoms with Gasteiger partial charge in [0, 0.05) is 6.54 Å². The van der Waals surface area contributed by atoms with E-state index in [0.29, 0.717) is 19.0 Å². The molecule has 1 aliphatic rings. The molecule has 1 N–H and O–H groups in total. The monoisotopic (exact) mass is 272 g/mol. The van der Waals surface area contributed by atoms with Crippen molar-refractivity contribution in [3.63, 3.8) is 0 Å². The smallest absolute Gasteiger partial charge is 0.164 e. The van der Waals surface area contributed by atoms with E-state index in [9.17, 15) is 5.11 Å². The molecular weight excluding hydrogens is 252 g/mol. The molecule has 1 saturated carbocycles. The molecular formula is C15H20N4O. The van der Waals surface area contributed by atoms with Crippen molar-refractivity contribution >= 4 is 0 Å². The van der Waals surface area contributed by atoms with Crippen LogP contribution in [0.2, 0.25) is 0 Å².